The molecule has 5 nitrogen and oxygen atoms in total. The third-order valence-corrected chi connectivity index (χ3v) is 14.6. The van der Waals surface area contributed by atoms with E-state index in [0.29, 0.717) is 0 Å². The number of hydrogen-bond donors (Lipinski definition) is 0. The van der Waals surface area contributed by atoms with Crippen molar-refractivity contribution in [2.24, 2.45) is 0 Å². The van der Waals surface area contributed by atoms with Gasteiger partial charge in [-0.15, -0.1) is 0 Å². The Morgan fingerprint density at radius 2 is 0.608 bits per heavy atom. The summed E-state index contributed by atoms with van der Waals surface area (Å²) >= 11 is 0. The van der Waals surface area contributed by atoms with Crippen LogP contribution in [0.3, 0.4) is 0 Å². The van der Waals surface area contributed by atoms with Crippen molar-refractivity contribution in [2.45, 2.75) is 0 Å². The molecular weight excluding hydrogens is 899 g/mol. The number of benzene rings is 9. The lowest BCUT2D eigenvalue weighted by Gasteiger charge is -2.17. The van der Waals surface area contributed by atoms with Crippen LogP contribution in [0.2, 0.25) is 0 Å². The summed E-state index contributed by atoms with van der Waals surface area (Å²) in [7, 11) is 0. The minimum absolute atomic E-state index is 0.924. The topological polar surface area (TPSA) is 47.5 Å². The van der Waals surface area contributed by atoms with Crippen LogP contribution >= 0.6 is 0 Å². The van der Waals surface area contributed by atoms with E-state index in [1.54, 1.807) is 0 Å². The molecule has 0 amide bonds. The highest BCUT2D eigenvalue weighted by Crippen LogP contribution is 2.44. The van der Waals surface area contributed by atoms with Gasteiger partial charge >= 0.3 is 0 Å². The first-order valence-electron chi connectivity index (χ1n) is 25.1. The Labute approximate surface area is 428 Å². The summed E-state index contributed by atoms with van der Waals surface area (Å²) < 4.78 is 4.13. The van der Waals surface area contributed by atoms with Gasteiger partial charge in [-0.05, 0) is 127 Å². The van der Waals surface area contributed by atoms with Gasteiger partial charge in [0.1, 0.15) is 0 Å². The van der Waals surface area contributed by atoms with E-state index in [1.165, 1.54) is 16.7 Å². The lowest BCUT2D eigenvalue weighted by Crippen LogP contribution is -1.93. The van der Waals surface area contributed by atoms with Crippen LogP contribution in [0.4, 0.5) is 0 Å². The zero-order valence-corrected chi connectivity index (χ0v) is 40.2. The Balaban J connectivity index is 0.890. The van der Waals surface area contributed by atoms with E-state index in [9.17, 15) is 0 Å². The fraction of sp³-hybridized carbons (Fsp3) is 0. The van der Waals surface area contributed by atoms with Gasteiger partial charge in [0.25, 0.3) is 0 Å². The van der Waals surface area contributed by atoms with Crippen molar-refractivity contribution < 1.29 is 0 Å². The van der Waals surface area contributed by atoms with Crippen molar-refractivity contribution in [3.63, 3.8) is 0 Å². The molecule has 0 aliphatic heterocycles. The minimum Gasteiger partial charge on any atom is -0.256 e. The molecule has 0 aliphatic rings. The maximum absolute atomic E-state index is 5.13. The average molecular weight is 944 g/mol. The van der Waals surface area contributed by atoms with Crippen molar-refractivity contribution in [3.05, 3.63) is 273 Å². The molecule has 0 fully saturated rings. The summed E-state index contributed by atoms with van der Waals surface area (Å²) in [6.45, 7) is 0. The number of nitrogens with zero attached hydrogens (tertiary/aromatic N) is 5. The Bertz CT molecular complexity index is 4240. The van der Waals surface area contributed by atoms with Crippen LogP contribution in [0.15, 0.2) is 273 Å². The molecule has 0 radical (unpaired) electrons. The van der Waals surface area contributed by atoms with Gasteiger partial charge < -0.3 is 0 Å². The molecule has 74 heavy (non-hydrogen) atoms. The SMILES string of the molecule is c1ccc(-c2ccc(-c3cccc(-c4ccc(-c5ccccc5-c5cc(-c6ccccc6-c6cnn7c6ccc6ccccc67)cc(-c6ccccc6-c6cnn7c6ccc6ccccc67)c5)cn4)c3)cc2)cc1. The maximum Gasteiger partial charge on any atom is 0.0747 e. The molecule has 0 saturated heterocycles. The second kappa shape index (κ2) is 18.0. The molecule has 5 heteroatoms. The molecule has 0 saturated carbocycles. The quantitative estimate of drug-likeness (QED) is 0.145. The third-order valence-electron chi connectivity index (χ3n) is 14.6. The van der Waals surface area contributed by atoms with E-state index < -0.39 is 0 Å². The second-order valence-corrected chi connectivity index (χ2v) is 18.9. The first kappa shape index (κ1) is 42.9. The molecule has 5 heterocycles. The number of hydrogen-bond acceptors (Lipinski definition) is 3. The normalized spacial score (nSPS) is 11.5. The number of rotatable bonds is 9. The molecule has 9 aromatic carbocycles. The molecule has 14 rings (SSSR count). The van der Waals surface area contributed by atoms with Gasteiger partial charge in [-0.3, -0.25) is 4.98 Å². The first-order valence-corrected chi connectivity index (χ1v) is 25.1. The molecule has 346 valence electrons. The van der Waals surface area contributed by atoms with Crippen LogP contribution in [-0.4, -0.2) is 24.2 Å². The number of para-hydroxylation sites is 2. The highest BCUT2D eigenvalue weighted by molar-refractivity contribution is 5.99. The molecule has 5 aromatic heterocycles. The molecule has 0 bridgehead atoms. The van der Waals surface area contributed by atoms with E-state index in [1.807, 2.05) is 18.6 Å². The number of aromatic nitrogens is 5. The van der Waals surface area contributed by atoms with Crippen molar-refractivity contribution >= 4 is 32.8 Å². The van der Waals surface area contributed by atoms with Gasteiger partial charge in [0.15, 0.2) is 0 Å². The van der Waals surface area contributed by atoms with Crippen LogP contribution in [0, 0.1) is 0 Å². The fourth-order valence-electron chi connectivity index (χ4n) is 10.9. The van der Waals surface area contributed by atoms with Crippen LogP contribution in [0.5, 0.6) is 0 Å². The highest BCUT2D eigenvalue weighted by atomic mass is 15.2. The van der Waals surface area contributed by atoms with E-state index in [4.69, 9.17) is 15.2 Å². The Morgan fingerprint density at radius 1 is 0.216 bits per heavy atom. The molecule has 0 N–H and O–H groups in total. The second-order valence-electron chi connectivity index (χ2n) is 18.9. The largest absolute Gasteiger partial charge is 0.256 e. The summed E-state index contributed by atoms with van der Waals surface area (Å²) in [5, 5.41) is 12.3. The molecular formula is C69H45N5. The van der Waals surface area contributed by atoms with Gasteiger partial charge in [-0.1, -0.05) is 200 Å². The van der Waals surface area contributed by atoms with Crippen LogP contribution < -0.4 is 0 Å². The van der Waals surface area contributed by atoms with Crippen molar-refractivity contribution in [2.75, 3.05) is 0 Å². The number of pyridine rings is 3. The van der Waals surface area contributed by atoms with Crippen LogP contribution in [-0.2, 0) is 0 Å². The molecule has 0 spiro atoms. The monoisotopic (exact) mass is 943 g/mol. The van der Waals surface area contributed by atoms with Crippen molar-refractivity contribution in [1.29, 1.82) is 0 Å². The molecule has 0 atom stereocenters. The Morgan fingerprint density at radius 3 is 1.14 bits per heavy atom. The summed E-state index contributed by atoms with van der Waals surface area (Å²) in [6, 6.07) is 91.2. The molecule has 0 aliphatic carbocycles. The summed E-state index contributed by atoms with van der Waals surface area (Å²) in [5.41, 5.74) is 24.2. The Hall–Kier alpha value is -9.97. The van der Waals surface area contributed by atoms with E-state index in [2.05, 4.69) is 264 Å². The average Bonchev–Trinajstić information content (AvgIpc) is 4.13. The van der Waals surface area contributed by atoms with E-state index in [0.717, 1.165) is 116 Å². The van der Waals surface area contributed by atoms with Crippen molar-refractivity contribution in [3.8, 4) is 100 Å². The van der Waals surface area contributed by atoms with Gasteiger partial charge in [0.2, 0.25) is 0 Å². The van der Waals surface area contributed by atoms with Gasteiger partial charge in [-0.2, -0.15) is 10.2 Å². The van der Waals surface area contributed by atoms with E-state index >= 15 is 0 Å². The van der Waals surface area contributed by atoms with Gasteiger partial charge in [0.05, 0.1) is 40.2 Å². The third kappa shape index (κ3) is 7.54. The lowest BCUT2D eigenvalue weighted by molar-refractivity contribution is 1.00. The first-order chi connectivity index (χ1) is 36.7. The van der Waals surface area contributed by atoms with Gasteiger partial charge in [-0.25, -0.2) is 9.03 Å². The van der Waals surface area contributed by atoms with Gasteiger partial charge in [0, 0.05) is 39.2 Å². The predicted molar refractivity (Wildman–Crippen MR) is 306 cm³/mol. The highest BCUT2D eigenvalue weighted by Gasteiger charge is 2.20. The number of fused-ring (bicyclic) bond motifs is 6. The maximum atomic E-state index is 5.13. The molecule has 0 unspecified atom stereocenters. The molecule has 14 aromatic rings. The summed E-state index contributed by atoms with van der Waals surface area (Å²) in [6.07, 6.45) is 6.05. The van der Waals surface area contributed by atoms with Crippen LogP contribution in [0.1, 0.15) is 0 Å². The fourth-order valence-corrected chi connectivity index (χ4v) is 10.9. The summed E-state index contributed by atoms with van der Waals surface area (Å²) in [5.74, 6) is 0. The predicted octanol–water partition coefficient (Wildman–Crippen LogP) is 17.7. The van der Waals surface area contributed by atoms with Crippen LogP contribution in [0.25, 0.3) is 133 Å². The zero-order valence-electron chi connectivity index (χ0n) is 40.2. The summed E-state index contributed by atoms with van der Waals surface area (Å²) in [4.78, 5) is 5.13. The standard InChI is InChI=1S/C69H45N5/c1-2-15-46(16-3-1)47-29-31-48(32-30-47)51-19-14-20-52(39-51)65-36-33-53(43-70-65)57-21-6-7-22-58(57)54-40-55(59-23-8-10-25-61(59)63-44-71-73-66-27-12-4-17-49(66)34-37-68(63)73)42-56(41-54)60-24-9-11-26-62(60)64-45-72-74-67-28-13-5-18-50(67)35-38-69(64)74/h1-45H. The van der Waals surface area contributed by atoms with Crippen molar-refractivity contribution in [1.82, 2.24) is 24.2 Å². The minimum atomic E-state index is 0.924. The zero-order chi connectivity index (χ0) is 49.0. The Kier molecular flexibility index (Phi) is 10.4. The lowest BCUT2D eigenvalue weighted by atomic mass is 9.86. The smallest absolute Gasteiger partial charge is 0.0747 e. The van der Waals surface area contributed by atoms with E-state index in [-0.39, 0.29) is 0 Å².